The predicted molar refractivity (Wildman–Crippen MR) is 65.7 cm³/mol. The number of carbonyl (C=O) groups excluding carboxylic acids is 1. The van der Waals surface area contributed by atoms with Crippen LogP contribution in [-0.4, -0.2) is 32.0 Å². The Hall–Kier alpha value is -2.17. The molecular weight excluding hydrogens is 228 g/mol. The molecule has 2 aromatic rings. The molecule has 0 unspecified atom stereocenters. The van der Waals surface area contributed by atoms with E-state index < -0.39 is 0 Å². The van der Waals surface area contributed by atoms with Crippen LogP contribution >= 0.6 is 0 Å². The normalized spacial score (nSPS) is 14.4. The van der Waals surface area contributed by atoms with Gasteiger partial charge >= 0.3 is 0 Å². The van der Waals surface area contributed by atoms with Crippen LogP contribution in [0.2, 0.25) is 0 Å². The lowest BCUT2D eigenvalue weighted by Crippen LogP contribution is -2.32. The average molecular weight is 242 g/mol. The third-order valence-electron chi connectivity index (χ3n) is 3.07. The van der Waals surface area contributed by atoms with Crippen molar-refractivity contribution in [2.45, 2.75) is 25.4 Å². The maximum absolute atomic E-state index is 12.3. The first-order valence-corrected chi connectivity index (χ1v) is 6.03. The topological polar surface area (TPSA) is 61.9 Å². The molecule has 18 heavy (non-hydrogen) atoms. The second-order valence-electron chi connectivity index (χ2n) is 4.51. The summed E-state index contributed by atoms with van der Waals surface area (Å²) >= 11 is 0. The Bertz CT molecular complexity index is 519. The van der Waals surface area contributed by atoms with E-state index in [4.69, 9.17) is 0 Å². The van der Waals surface area contributed by atoms with Gasteiger partial charge in [-0.3, -0.25) is 14.9 Å². The molecule has 0 aromatic carbocycles. The number of H-pyrrole nitrogens is 1. The van der Waals surface area contributed by atoms with Gasteiger partial charge in [-0.05, 0) is 24.5 Å². The molecule has 92 valence electrons. The van der Waals surface area contributed by atoms with E-state index in [1.54, 1.807) is 24.8 Å². The van der Waals surface area contributed by atoms with Crippen LogP contribution in [0.4, 0.5) is 0 Å². The van der Waals surface area contributed by atoms with Crippen molar-refractivity contribution in [1.29, 1.82) is 0 Å². The van der Waals surface area contributed by atoms with Crippen LogP contribution in [-0.2, 0) is 6.54 Å². The molecule has 1 aliphatic rings. The number of pyridine rings is 1. The van der Waals surface area contributed by atoms with Gasteiger partial charge in [-0.2, -0.15) is 5.10 Å². The van der Waals surface area contributed by atoms with Crippen LogP contribution in [0.3, 0.4) is 0 Å². The summed E-state index contributed by atoms with van der Waals surface area (Å²) in [6.45, 7) is 0.614. The molecule has 1 N–H and O–H groups in total. The Kier molecular flexibility index (Phi) is 2.80. The number of nitrogens with zero attached hydrogens (tertiary/aromatic N) is 3. The number of carbonyl (C=O) groups is 1. The Labute approximate surface area is 105 Å². The fraction of sp³-hybridized carbons (Fsp3) is 0.308. The molecule has 3 rings (SSSR count). The van der Waals surface area contributed by atoms with E-state index in [0.717, 1.165) is 18.4 Å². The summed E-state index contributed by atoms with van der Waals surface area (Å²) in [5.41, 5.74) is 1.67. The first-order valence-electron chi connectivity index (χ1n) is 6.03. The smallest absolute Gasteiger partial charge is 0.257 e. The Morgan fingerprint density at radius 2 is 2.33 bits per heavy atom. The lowest BCUT2D eigenvalue weighted by atomic mass is 10.2. The van der Waals surface area contributed by atoms with Gasteiger partial charge in [0.15, 0.2) is 0 Å². The van der Waals surface area contributed by atoms with E-state index in [-0.39, 0.29) is 5.91 Å². The summed E-state index contributed by atoms with van der Waals surface area (Å²) < 4.78 is 0. The number of hydrogen-bond acceptors (Lipinski definition) is 3. The summed E-state index contributed by atoms with van der Waals surface area (Å²) in [4.78, 5) is 18.3. The third-order valence-corrected chi connectivity index (χ3v) is 3.07. The van der Waals surface area contributed by atoms with E-state index in [1.165, 1.54) is 0 Å². The molecule has 0 atom stereocenters. The summed E-state index contributed by atoms with van der Waals surface area (Å²) in [6, 6.07) is 4.25. The first kappa shape index (κ1) is 11.0. The molecule has 1 amide bonds. The van der Waals surface area contributed by atoms with Gasteiger partial charge in [-0.25, -0.2) is 0 Å². The molecule has 0 saturated heterocycles. The molecular formula is C13H14N4O. The van der Waals surface area contributed by atoms with E-state index >= 15 is 0 Å². The number of nitrogens with one attached hydrogen (secondary N) is 1. The molecule has 1 fully saturated rings. The second kappa shape index (κ2) is 4.60. The molecule has 0 spiro atoms. The maximum atomic E-state index is 12.3. The van der Waals surface area contributed by atoms with Gasteiger partial charge in [0.05, 0.1) is 11.8 Å². The lowest BCUT2D eigenvalue weighted by molar-refractivity contribution is 0.0730. The van der Waals surface area contributed by atoms with Crippen molar-refractivity contribution in [3.05, 3.63) is 48.0 Å². The zero-order valence-corrected chi connectivity index (χ0v) is 9.91. The second-order valence-corrected chi connectivity index (χ2v) is 4.51. The number of hydrogen-bond donors (Lipinski definition) is 1. The van der Waals surface area contributed by atoms with Crippen LogP contribution in [0, 0.1) is 0 Å². The standard InChI is InChI=1S/C13H14N4O/c18-13(11-7-15-16-8-11)17(12-3-4-12)9-10-2-1-5-14-6-10/h1-2,5-8,12H,3-4,9H2,(H,15,16). The molecule has 0 bridgehead atoms. The molecule has 2 aromatic heterocycles. The summed E-state index contributed by atoms with van der Waals surface area (Å²) in [5, 5.41) is 6.51. The van der Waals surface area contributed by atoms with Crippen molar-refractivity contribution in [1.82, 2.24) is 20.1 Å². The zero-order valence-electron chi connectivity index (χ0n) is 9.91. The minimum atomic E-state index is 0.0371. The van der Waals surface area contributed by atoms with Crippen molar-refractivity contribution < 1.29 is 4.79 Å². The fourth-order valence-corrected chi connectivity index (χ4v) is 1.97. The number of aromatic nitrogens is 3. The van der Waals surface area contributed by atoms with Gasteiger partial charge < -0.3 is 4.90 Å². The van der Waals surface area contributed by atoms with Crippen LogP contribution in [0.5, 0.6) is 0 Å². The van der Waals surface area contributed by atoms with E-state index in [2.05, 4.69) is 15.2 Å². The van der Waals surface area contributed by atoms with Crippen molar-refractivity contribution in [3.63, 3.8) is 0 Å². The highest BCUT2D eigenvalue weighted by molar-refractivity contribution is 5.94. The van der Waals surface area contributed by atoms with Gasteiger partial charge in [0.1, 0.15) is 0 Å². The zero-order chi connectivity index (χ0) is 12.4. The van der Waals surface area contributed by atoms with Gasteiger partial charge in [0.2, 0.25) is 0 Å². The molecule has 5 nitrogen and oxygen atoms in total. The first-order chi connectivity index (χ1) is 8.84. The number of amides is 1. The van der Waals surface area contributed by atoms with E-state index in [9.17, 15) is 4.79 Å². The quantitative estimate of drug-likeness (QED) is 0.886. The van der Waals surface area contributed by atoms with Gasteiger partial charge in [-0.15, -0.1) is 0 Å². The average Bonchev–Trinajstić information content (AvgIpc) is 3.10. The van der Waals surface area contributed by atoms with Gasteiger partial charge in [-0.1, -0.05) is 6.07 Å². The van der Waals surface area contributed by atoms with Crippen molar-refractivity contribution in [2.24, 2.45) is 0 Å². The molecule has 1 saturated carbocycles. The molecule has 0 radical (unpaired) electrons. The minimum Gasteiger partial charge on any atom is -0.331 e. The summed E-state index contributed by atoms with van der Waals surface area (Å²) in [5.74, 6) is 0.0371. The highest BCUT2D eigenvalue weighted by atomic mass is 16.2. The molecule has 0 aliphatic heterocycles. The monoisotopic (exact) mass is 242 g/mol. The largest absolute Gasteiger partial charge is 0.331 e. The maximum Gasteiger partial charge on any atom is 0.257 e. The van der Waals surface area contributed by atoms with Crippen LogP contribution in [0.1, 0.15) is 28.8 Å². The van der Waals surface area contributed by atoms with Crippen molar-refractivity contribution in [3.8, 4) is 0 Å². The number of aromatic amines is 1. The Balaban J connectivity index is 1.79. The fourth-order valence-electron chi connectivity index (χ4n) is 1.97. The molecule has 1 aliphatic carbocycles. The van der Waals surface area contributed by atoms with E-state index in [1.807, 2.05) is 17.0 Å². The lowest BCUT2D eigenvalue weighted by Gasteiger charge is -2.21. The molecule has 5 heteroatoms. The predicted octanol–water partition coefficient (Wildman–Crippen LogP) is 1.61. The summed E-state index contributed by atoms with van der Waals surface area (Å²) in [6.07, 6.45) is 8.93. The minimum absolute atomic E-state index is 0.0371. The summed E-state index contributed by atoms with van der Waals surface area (Å²) in [7, 11) is 0. The van der Waals surface area contributed by atoms with E-state index in [0.29, 0.717) is 18.2 Å². The van der Waals surface area contributed by atoms with Gasteiger partial charge in [0, 0.05) is 31.2 Å². The highest BCUT2D eigenvalue weighted by Gasteiger charge is 2.33. The Morgan fingerprint density at radius 1 is 1.44 bits per heavy atom. The van der Waals surface area contributed by atoms with Crippen molar-refractivity contribution >= 4 is 5.91 Å². The van der Waals surface area contributed by atoms with Crippen LogP contribution < -0.4 is 0 Å². The van der Waals surface area contributed by atoms with Crippen molar-refractivity contribution in [2.75, 3.05) is 0 Å². The number of rotatable bonds is 4. The highest BCUT2D eigenvalue weighted by Crippen LogP contribution is 2.29. The van der Waals surface area contributed by atoms with Crippen LogP contribution in [0.15, 0.2) is 36.9 Å². The van der Waals surface area contributed by atoms with Gasteiger partial charge in [0.25, 0.3) is 5.91 Å². The molecule has 2 heterocycles. The SMILES string of the molecule is O=C(c1cn[nH]c1)N(Cc1cccnc1)C1CC1. The Morgan fingerprint density at radius 3 is 2.94 bits per heavy atom. The van der Waals surface area contributed by atoms with Crippen LogP contribution in [0.25, 0.3) is 0 Å². The third kappa shape index (κ3) is 2.25.